The van der Waals surface area contributed by atoms with Gasteiger partial charge in [0.05, 0.1) is 11.4 Å². The Bertz CT molecular complexity index is 1080. The number of aromatic nitrogens is 3. The van der Waals surface area contributed by atoms with Crippen molar-refractivity contribution < 1.29 is 14.3 Å². The second-order valence-electron chi connectivity index (χ2n) is 6.33. The van der Waals surface area contributed by atoms with Gasteiger partial charge in [-0.25, -0.2) is 0 Å². The number of allylic oxidation sites excluding steroid dienone is 1. The number of fused-ring (bicyclic) bond motifs is 1. The monoisotopic (exact) mass is 406 g/mol. The van der Waals surface area contributed by atoms with Gasteiger partial charge in [-0.1, -0.05) is 48.2 Å². The normalized spacial score (nSPS) is 12.6. The molecule has 146 valence electrons. The Morgan fingerprint density at radius 1 is 1.24 bits per heavy atom. The first kappa shape index (κ1) is 18.9. The molecule has 1 aliphatic heterocycles. The molecule has 0 radical (unpaired) electrons. The SMILES string of the molecule is C=CCn1c(SCC(=O)c2ccc3c(c2)NC(=O)CO3)nnc1-c1ccccc1. The maximum atomic E-state index is 12.7. The smallest absolute Gasteiger partial charge is 0.262 e. The lowest BCUT2D eigenvalue weighted by Crippen LogP contribution is -2.25. The first-order valence-corrected chi connectivity index (χ1v) is 9.96. The molecule has 4 rings (SSSR count). The molecule has 1 amide bonds. The highest BCUT2D eigenvalue weighted by molar-refractivity contribution is 7.99. The maximum Gasteiger partial charge on any atom is 0.262 e. The molecule has 1 aromatic heterocycles. The van der Waals surface area contributed by atoms with Crippen molar-refractivity contribution in [3.63, 3.8) is 0 Å². The van der Waals surface area contributed by atoms with Gasteiger partial charge in [0, 0.05) is 17.7 Å². The zero-order valence-electron chi connectivity index (χ0n) is 15.5. The van der Waals surface area contributed by atoms with E-state index in [1.807, 2.05) is 34.9 Å². The molecule has 0 fully saturated rings. The first-order chi connectivity index (χ1) is 14.2. The molecule has 0 bridgehead atoms. The van der Waals surface area contributed by atoms with Gasteiger partial charge in [0.1, 0.15) is 5.75 Å². The summed E-state index contributed by atoms with van der Waals surface area (Å²) in [5.74, 6) is 1.17. The number of nitrogens with one attached hydrogen (secondary N) is 1. The molecule has 2 heterocycles. The van der Waals surface area contributed by atoms with Crippen LogP contribution >= 0.6 is 11.8 Å². The van der Waals surface area contributed by atoms with E-state index in [0.29, 0.717) is 28.7 Å². The summed E-state index contributed by atoms with van der Waals surface area (Å²) in [5.41, 5.74) is 1.96. The van der Waals surface area contributed by atoms with Crippen molar-refractivity contribution in [3.8, 4) is 17.1 Å². The van der Waals surface area contributed by atoms with E-state index in [0.717, 1.165) is 11.4 Å². The molecule has 0 atom stereocenters. The molecule has 29 heavy (non-hydrogen) atoms. The summed E-state index contributed by atoms with van der Waals surface area (Å²) in [4.78, 5) is 24.2. The average molecular weight is 406 g/mol. The number of anilines is 1. The number of carbonyl (C=O) groups is 2. The van der Waals surface area contributed by atoms with Crippen LogP contribution in [0.3, 0.4) is 0 Å². The molecule has 7 nitrogen and oxygen atoms in total. The Balaban J connectivity index is 1.51. The molecular formula is C21H18N4O3S. The van der Waals surface area contributed by atoms with Gasteiger partial charge >= 0.3 is 0 Å². The number of ether oxygens (including phenoxy) is 1. The van der Waals surface area contributed by atoms with Crippen molar-refractivity contribution in [3.05, 3.63) is 66.7 Å². The molecule has 0 saturated heterocycles. The summed E-state index contributed by atoms with van der Waals surface area (Å²) >= 11 is 1.32. The number of amides is 1. The van der Waals surface area contributed by atoms with E-state index in [2.05, 4.69) is 22.1 Å². The highest BCUT2D eigenvalue weighted by Crippen LogP contribution is 2.30. The molecular weight excluding hydrogens is 388 g/mol. The molecule has 0 aliphatic carbocycles. The predicted octanol–water partition coefficient (Wildman–Crippen LogP) is 3.44. The summed E-state index contributed by atoms with van der Waals surface area (Å²) in [7, 11) is 0. The van der Waals surface area contributed by atoms with Crippen molar-refractivity contribution in [2.24, 2.45) is 0 Å². The fraction of sp³-hybridized carbons (Fsp3) is 0.143. The minimum Gasteiger partial charge on any atom is -0.482 e. The van der Waals surface area contributed by atoms with Crippen LogP contribution in [0.4, 0.5) is 5.69 Å². The van der Waals surface area contributed by atoms with Gasteiger partial charge in [-0.15, -0.1) is 16.8 Å². The van der Waals surface area contributed by atoms with E-state index in [9.17, 15) is 9.59 Å². The Hall–Kier alpha value is -3.39. The van der Waals surface area contributed by atoms with Crippen molar-refractivity contribution >= 4 is 29.1 Å². The first-order valence-electron chi connectivity index (χ1n) is 8.98. The number of hydrogen-bond acceptors (Lipinski definition) is 6. The fourth-order valence-corrected chi connectivity index (χ4v) is 3.80. The highest BCUT2D eigenvalue weighted by atomic mass is 32.2. The van der Waals surface area contributed by atoms with E-state index < -0.39 is 0 Å². The number of nitrogens with zero attached hydrogens (tertiary/aromatic N) is 3. The van der Waals surface area contributed by atoms with Crippen LogP contribution in [0.5, 0.6) is 5.75 Å². The third kappa shape index (κ3) is 4.07. The average Bonchev–Trinajstić information content (AvgIpc) is 3.15. The van der Waals surface area contributed by atoms with Crippen LogP contribution < -0.4 is 10.1 Å². The molecule has 0 spiro atoms. The van der Waals surface area contributed by atoms with Crippen molar-refractivity contribution in [2.45, 2.75) is 11.7 Å². The van der Waals surface area contributed by atoms with Crippen molar-refractivity contribution in [1.82, 2.24) is 14.8 Å². The van der Waals surface area contributed by atoms with Gasteiger partial charge < -0.3 is 10.1 Å². The molecule has 1 aliphatic rings. The van der Waals surface area contributed by atoms with E-state index in [-0.39, 0.29) is 24.1 Å². The highest BCUT2D eigenvalue weighted by Gasteiger charge is 2.19. The van der Waals surface area contributed by atoms with Gasteiger partial charge in [-0.2, -0.15) is 0 Å². The molecule has 0 saturated carbocycles. The largest absolute Gasteiger partial charge is 0.482 e. The summed E-state index contributed by atoms with van der Waals surface area (Å²) in [6.07, 6.45) is 1.77. The Kier molecular flexibility index (Phi) is 5.44. The molecule has 8 heteroatoms. The standard InChI is InChI=1S/C21H18N4O3S/c1-2-10-25-20(14-6-4-3-5-7-14)23-24-21(25)29-13-17(26)15-8-9-18-16(11-15)22-19(27)12-28-18/h2-9,11H,1,10,12-13H2,(H,22,27). The topological polar surface area (TPSA) is 86.1 Å². The molecule has 3 aromatic rings. The second-order valence-corrected chi connectivity index (χ2v) is 7.27. The second kappa shape index (κ2) is 8.32. The zero-order chi connectivity index (χ0) is 20.2. The van der Waals surface area contributed by atoms with Gasteiger partial charge in [0.25, 0.3) is 5.91 Å². The van der Waals surface area contributed by atoms with E-state index in [4.69, 9.17) is 4.74 Å². The lowest BCUT2D eigenvalue weighted by molar-refractivity contribution is -0.118. The Labute approximate surface area is 171 Å². The minimum absolute atomic E-state index is 0.0150. The van der Waals surface area contributed by atoms with E-state index in [1.54, 1.807) is 24.3 Å². The number of benzene rings is 2. The maximum absolute atomic E-state index is 12.7. The van der Waals surface area contributed by atoms with Crippen LogP contribution in [0.25, 0.3) is 11.4 Å². The van der Waals surface area contributed by atoms with E-state index in [1.165, 1.54) is 11.8 Å². The van der Waals surface area contributed by atoms with Crippen LogP contribution in [0.15, 0.2) is 66.3 Å². The number of Topliss-reactive ketones (excluding diaryl/α,β-unsaturated/α-hetero) is 1. The summed E-state index contributed by atoms with van der Waals surface area (Å²) in [5, 5.41) is 11.9. The molecule has 1 N–H and O–H groups in total. The van der Waals surface area contributed by atoms with Crippen molar-refractivity contribution in [1.29, 1.82) is 0 Å². The van der Waals surface area contributed by atoms with Crippen LogP contribution in [0, 0.1) is 0 Å². The summed E-state index contributed by atoms with van der Waals surface area (Å²) in [6, 6.07) is 14.8. The number of hydrogen-bond donors (Lipinski definition) is 1. The van der Waals surface area contributed by atoms with Crippen LogP contribution in [-0.4, -0.2) is 38.8 Å². The summed E-state index contributed by atoms with van der Waals surface area (Å²) < 4.78 is 7.26. The minimum atomic E-state index is -0.234. The molecule has 2 aromatic carbocycles. The quantitative estimate of drug-likeness (QED) is 0.368. The Morgan fingerprint density at radius 2 is 2.07 bits per heavy atom. The van der Waals surface area contributed by atoms with Crippen LogP contribution in [0.1, 0.15) is 10.4 Å². The van der Waals surface area contributed by atoms with Gasteiger partial charge in [0.2, 0.25) is 0 Å². The Morgan fingerprint density at radius 3 is 2.86 bits per heavy atom. The fourth-order valence-electron chi connectivity index (χ4n) is 2.96. The number of rotatable bonds is 7. The van der Waals surface area contributed by atoms with Crippen molar-refractivity contribution in [2.75, 3.05) is 17.7 Å². The zero-order valence-corrected chi connectivity index (χ0v) is 16.3. The third-order valence-electron chi connectivity index (χ3n) is 4.33. The third-order valence-corrected chi connectivity index (χ3v) is 5.29. The van der Waals surface area contributed by atoms with E-state index >= 15 is 0 Å². The van der Waals surface area contributed by atoms with Gasteiger partial charge in [-0.3, -0.25) is 14.2 Å². The number of ketones is 1. The lowest BCUT2D eigenvalue weighted by atomic mass is 10.1. The molecule has 0 unspecified atom stereocenters. The van der Waals surface area contributed by atoms with Crippen LogP contribution in [-0.2, 0) is 11.3 Å². The lowest BCUT2D eigenvalue weighted by Gasteiger charge is -2.18. The van der Waals surface area contributed by atoms with Gasteiger partial charge in [0.15, 0.2) is 23.4 Å². The predicted molar refractivity (Wildman–Crippen MR) is 111 cm³/mol. The number of thioether (sulfide) groups is 1. The number of carbonyl (C=O) groups excluding carboxylic acids is 2. The summed E-state index contributed by atoms with van der Waals surface area (Å²) in [6.45, 7) is 4.33. The van der Waals surface area contributed by atoms with Crippen LogP contribution in [0.2, 0.25) is 0 Å². The van der Waals surface area contributed by atoms with Gasteiger partial charge in [-0.05, 0) is 18.2 Å².